The Balaban J connectivity index is 1.39. The van der Waals surface area contributed by atoms with Crippen LogP contribution in [0.25, 0.3) is 22.2 Å². The molecule has 1 aromatic carbocycles. The summed E-state index contributed by atoms with van der Waals surface area (Å²) in [5.74, 6) is 1.65. The molecule has 6 heteroatoms. The topological polar surface area (TPSA) is 79.9 Å². The molecule has 2 N–H and O–H groups in total. The highest BCUT2D eigenvalue weighted by Crippen LogP contribution is 2.63. The number of nitrogens with one attached hydrogen (secondary N) is 2. The summed E-state index contributed by atoms with van der Waals surface area (Å²) in [6.45, 7) is 4.02. The van der Waals surface area contributed by atoms with Crippen molar-refractivity contribution in [2.75, 3.05) is 5.32 Å². The normalized spacial score (nSPS) is 19.8. The average molecular weight is 390 g/mol. The number of benzene rings is 1. The molecule has 2 aliphatic carbocycles. The van der Waals surface area contributed by atoms with E-state index in [-0.39, 0.29) is 23.3 Å². The van der Waals surface area contributed by atoms with Crippen molar-refractivity contribution in [1.29, 1.82) is 0 Å². The number of H-pyrrole nitrogens is 1. The fourth-order valence-corrected chi connectivity index (χ4v) is 4.77. The molecule has 2 saturated carbocycles. The van der Waals surface area contributed by atoms with Gasteiger partial charge in [-0.2, -0.15) is 5.10 Å². The molecular weight excluding hydrogens is 364 g/mol. The smallest absolute Gasteiger partial charge is 0.229 e. The van der Waals surface area contributed by atoms with Gasteiger partial charge in [0, 0.05) is 23.1 Å². The molecule has 2 heterocycles. The third-order valence-corrected chi connectivity index (χ3v) is 6.30. The van der Waals surface area contributed by atoms with Crippen molar-refractivity contribution in [3.05, 3.63) is 36.5 Å². The SMILES string of the molecule is CC(C)Oc1ccc2[nH]nc(-c3ccnc(NC(=O)C4CC45CCCC5)c3)c2c1. The predicted molar refractivity (Wildman–Crippen MR) is 113 cm³/mol. The second-order valence-electron chi connectivity index (χ2n) is 8.69. The van der Waals surface area contributed by atoms with Gasteiger partial charge in [0.1, 0.15) is 17.3 Å². The van der Waals surface area contributed by atoms with Crippen LogP contribution in [0.1, 0.15) is 46.0 Å². The molecule has 0 saturated heterocycles. The average Bonchev–Trinajstić information content (AvgIpc) is 3.00. The van der Waals surface area contributed by atoms with Gasteiger partial charge >= 0.3 is 0 Å². The monoisotopic (exact) mass is 390 g/mol. The molecule has 2 fully saturated rings. The maximum Gasteiger partial charge on any atom is 0.229 e. The van der Waals surface area contributed by atoms with Gasteiger partial charge in [-0.15, -0.1) is 0 Å². The molecule has 2 aliphatic rings. The Bertz CT molecular complexity index is 1070. The lowest BCUT2D eigenvalue weighted by Crippen LogP contribution is -2.18. The largest absolute Gasteiger partial charge is 0.491 e. The summed E-state index contributed by atoms with van der Waals surface area (Å²) < 4.78 is 5.83. The Morgan fingerprint density at radius 1 is 1.24 bits per heavy atom. The zero-order valence-corrected chi connectivity index (χ0v) is 16.9. The summed E-state index contributed by atoms with van der Waals surface area (Å²) in [7, 11) is 0. The quantitative estimate of drug-likeness (QED) is 0.647. The minimum atomic E-state index is 0.107. The number of hydrogen-bond acceptors (Lipinski definition) is 4. The number of ether oxygens (including phenoxy) is 1. The number of nitrogens with zero attached hydrogens (tertiary/aromatic N) is 2. The first-order valence-electron chi connectivity index (χ1n) is 10.5. The van der Waals surface area contributed by atoms with Crippen LogP contribution in [0.5, 0.6) is 5.75 Å². The molecule has 3 aromatic rings. The molecule has 1 unspecified atom stereocenters. The second-order valence-corrected chi connectivity index (χ2v) is 8.69. The zero-order valence-electron chi connectivity index (χ0n) is 16.9. The number of amides is 1. The van der Waals surface area contributed by atoms with Gasteiger partial charge in [-0.3, -0.25) is 9.89 Å². The second kappa shape index (κ2) is 6.87. The summed E-state index contributed by atoms with van der Waals surface area (Å²) in [6, 6.07) is 9.73. The van der Waals surface area contributed by atoms with Gasteiger partial charge in [0.25, 0.3) is 0 Å². The molecule has 6 nitrogen and oxygen atoms in total. The predicted octanol–water partition coefficient (Wildman–Crippen LogP) is 4.93. The Morgan fingerprint density at radius 3 is 2.86 bits per heavy atom. The van der Waals surface area contributed by atoms with Crippen LogP contribution >= 0.6 is 0 Å². The maximum absolute atomic E-state index is 12.7. The molecule has 5 rings (SSSR count). The number of aromatic amines is 1. The number of fused-ring (bicyclic) bond motifs is 1. The summed E-state index contributed by atoms with van der Waals surface area (Å²) in [4.78, 5) is 17.1. The van der Waals surface area contributed by atoms with Gasteiger partial charge in [-0.25, -0.2) is 4.98 Å². The highest BCUT2D eigenvalue weighted by Gasteiger charge is 2.58. The lowest BCUT2D eigenvalue weighted by atomic mass is 10.0. The van der Waals surface area contributed by atoms with E-state index in [0.29, 0.717) is 5.82 Å². The number of hydrogen-bond donors (Lipinski definition) is 2. The maximum atomic E-state index is 12.7. The fourth-order valence-electron chi connectivity index (χ4n) is 4.77. The molecular formula is C23H26N4O2. The van der Waals surface area contributed by atoms with Gasteiger partial charge in [0.05, 0.1) is 11.6 Å². The van der Waals surface area contributed by atoms with Crippen LogP contribution < -0.4 is 10.1 Å². The van der Waals surface area contributed by atoms with Gasteiger partial charge in [-0.1, -0.05) is 12.8 Å². The molecule has 2 aromatic heterocycles. The number of pyridine rings is 1. The Hall–Kier alpha value is -2.89. The van der Waals surface area contributed by atoms with E-state index in [9.17, 15) is 4.79 Å². The van der Waals surface area contributed by atoms with Crippen molar-refractivity contribution in [1.82, 2.24) is 15.2 Å². The molecule has 1 spiro atoms. The van der Waals surface area contributed by atoms with Crippen LogP contribution in [-0.2, 0) is 4.79 Å². The number of aromatic nitrogens is 3. The van der Waals surface area contributed by atoms with Crippen LogP contribution in [0, 0.1) is 11.3 Å². The molecule has 1 amide bonds. The van der Waals surface area contributed by atoms with Gasteiger partial charge in [0.15, 0.2) is 0 Å². The van der Waals surface area contributed by atoms with E-state index in [1.807, 2.05) is 44.2 Å². The number of carbonyl (C=O) groups excluding carboxylic acids is 1. The van der Waals surface area contributed by atoms with Crippen molar-refractivity contribution in [3.8, 4) is 17.0 Å². The van der Waals surface area contributed by atoms with E-state index < -0.39 is 0 Å². The highest BCUT2D eigenvalue weighted by atomic mass is 16.5. The Morgan fingerprint density at radius 2 is 2.07 bits per heavy atom. The molecule has 0 aliphatic heterocycles. The third-order valence-electron chi connectivity index (χ3n) is 6.30. The van der Waals surface area contributed by atoms with E-state index in [1.165, 1.54) is 25.7 Å². The van der Waals surface area contributed by atoms with Crippen molar-refractivity contribution in [3.63, 3.8) is 0 Å². The van der Waals surface area contributed by atoms with E-state index in [1.54, 1.807) is 6.20 Å². The summed E-state index contributed by atoms with van der Waals surface area (Å²) >= 11 is 0. The lowest BCUT2D eigenvalue weighted by molar-refractivity contribution is -0.118. The first-order valence-corrected chi connectivity index (χ1v) is 10.5. The first-order chi connectivity index (χ1) is 14.0. The van der Waals surface area contributed by atoms with Crippen molar-refractivity contribution < 1.29 is 9.53 Å². The third kappa shape index (κ3) is 3.37. The standard InChI is InChI=1S/C23H26N4O2/c1-14(2)29-16-5-6-19-17(12-16)21(27-26-19)15-7-10-24-20(11-15)25-22(28)18-13-23(18)8-3-4-9-23/h5-7,10-12,14,18H,3-4,8-9,13H2,1-2H3,(H,26,27)(H,24,25,28). The number of rotatable bonds is 5. The summed E-state index contributed by atoms with van der Waals surface area (Å²) in [6.07, 6.45) is 7.76. The van der Waals surface area contributed by atoms with Gasteiger partial charge in [-0.05, 0) is 68.9 Å². The van der Waals surface area contributed by atoms with Crippen molar-refractivity contribution in [2.45, 2.75) is 52.1 Å². The van der Waals surface area contributed by atoms with E-state index in [0.717, 1.165) is 34.3 Å². The fraction of sp³-hybridized carbons (Fsp3) is 0.435. The van der Waals surface area contributed by atoms with Crippen LogP contribution in [0.15, 0.2) is 36.5 Å². The Labute approximate surface area is 170 Å². The Kier molecular flexibility index (Phi) is 4.30. The van der Waals surface area contributed by atoms with Crippen LogP contribution in [0.4, 0.5) is 5.82 Å². The number of anilines is 1. The minimum Gasteiger partial charge on any atom is -0.491 e. The summed E-state index contributed by atoms with van der Waals surface area (Å²) in [5.41, 5.74) is 2.97. The van der Waals surface area contributed by atoms with Crippen LogP contribution in [0.3, 0.4) is 0 Å². The van der Waals surface area contributed by atoms with Gasteiger partial charge < -0.3 is 10.1 Å². The molecule has 150 valence electrons. The van der Waals surface area contributed by atoms with Crippen LogP contribution in [0.2, 0.25) is 0 Å². The van der Waals surface area contributed by atoms with E-state index in [4.69, 9.17) is 4.74 Å². The zero-order chi connectivity index (χ0) is 20.0. The first kappa shape index (κ1) is 18.2. The van der Waals surface area contributed by atoms with Gasteiger partial charge in [0.2, 0.25) is 5.91 Å². The molecule has 0 radical (unpaired) electrons. The molecule has 0 bridgehead atoms. The van der Waals surface area contributed by atoms with Crippen molar-refractivity contribution >= 4 is 22.6 Å². The highest BCUT2D eigenvalue weighted by molar-refractivity contribution is 5.97. The van der Waals surface area contributed by atoms with Crippen molar-refractivity contribution in [2.24, 2.45) is 11.3 Å². The van der Waals surface area contributed by atoms with Crippen LogP contribution in [-0.4, -0.2) is 27.2 Å². The molecule has 29 heavy (non-hydrogen) atoms. The summed E-state index contributed by atoms with van der Waals surface area (Å²) in [5, 5.41) is 11.6. The minimum absolute atomic E-state index is 0.107. The lowest BCUT2D eigenvalue weighted by Gasteiger charge is -2.10. The number of carbonyl (C=O) groups is 1. The van der Waals surface area contributed by atoms with E-state index in [2.05, 4.69) is 20.5 Å². The van der Waals surface area contributed by atoms with E-state index >= 15 is 0 Å². The molecule has 1 atom stereocenters.